The van der Waals surface area contributed by atoms with Crippen molar-refractivity contribution in [3.63, 3.8) is 0 Å². The highest BCUT2D eigenvalue weighted by atomic mass is 16.5. The Bertz CT molecular complexity index is 153. The monoisotopic (exact) mass is 185 g/mol. The van der Waals surface area contributed by atoms with Crippen molar-refractivity contribution in [2.24, 2.45) is 5.92 Å². The van der Waals surface area contributed by atoms with Gasteiger partial charge in [-0.15, -0.1) is 0 Å². The van der Waals surface area contributed by atoms with E-state index in [4.69, 9.17) is 4.74 Å². The smallest absolute Gasteiger partial charge is 0.225 e. The largest absolute Gasteiger partial charge is 0.381 e. The molecule has 1 N–H and O–H groups in total. The Kier molecular flexibility index (Phi) is 4.83. The van der Waals surface area contributed by atoms with Gasteiger partial charge in [-0.2, -0.15) is 0 Å². The van der Waals surface area contributed by atoms with E-state index in [-0.39, 0.29) is 11.8 Å². The fourth-order valence-electron chi connectivity index (χ4n) is 1.48. The summed E-state index contributed by atoms with van der Waals surface area (Å²) in [6.07, 6.45) is 4.20. The summed E-state index contributed by atoms with van der Waals surface area (Å²) in [6.45, 7) is 4.36. The summed E-state index contributed by atoms with van der Waals surface area (Å²) in [4.78, 5) is 11.5. The first-order valence-corrected chi connectivity index (χ1v) is 5.20. The molecule has 1 saturated heterocycles. The van der Waals surface area contributed by atoms with E-state index in [1.54, 1.807) is 0 Å². The predicted octanol–water partition coefficient (Wildman–Crippen LogP) is 1.33. The van der Waals surface area contributed by atoms with Crippen molar-refractivity contribution in [2.45, 2.75) is 32.6 Å². The van der Waals surface area contributed by atoms with Gasteiger partial charge in [-0.05, 0) is 19.3 Å². The van der Waals surface area contributed by atoms with Gasteiger partial charge < -0.3 is 10.1 Å². The molecule has 76 valence electrons. The maximum Gasteiger partial charge on any atom is 0.225 e. The molecule has 1 aliphatic rings. The lowest BCUT2D eigenvalue weighted by Crippen LogP contribution is -2.35. The Morgan fingerprint density at radius 3 is 3.08 bits per heavy atom. The standard InChI is InChI=1S/C10H19NO2/c1-2-3-6-11-10(12)9-5-4-7-13-8-9/h9H,2-8H2,1H3,(H,11,12). The number of rotatable bonds is 4. The first-order chi connectivity index (χ1) is 6.34. The van der Waals surface area contributed by atoms with E-state index in [9.17, 15) is 4.79 Å². The van der Waals surface area contributed by atoms with E-state index in [1.807, 2.05) is 0 Å². The van der Waals surface area contributed by atoms with Crippen LogP contribution in [0.15, 0.2) is 0 Å². The highest BCUT2D eigenvalue weighted by Gasteiger charge is 2.20. The molecule has 0 aromatic heterocycles. The van der Waals surface area contributed by atoms with E-state index in [2.05, 4.69) is 12.2 Å². The summed E-state index contributed by atoms with van der Waals surface area (Å²) in [5.41, 5.74) is 0. The lowest BCUT2D eigenvalue weighted by molar-refractivity contribution is -0.128. The summed E-state index contributed by atoms with van der Waals surface area (Å²) >= 11 is 0. The number of carbonyl (C=O) groups excluding carboxylic acids is 1. The Morgan fingerprint density at radius 2 is 2.46 bits per heavy atom. The van der Waals surface area contributed by atoms with Crippen molar-refractivity contribution in [1.82, 2.24) is 5.32 Å². The van der Waals surface area contributed by atoms with Crippen molar-refractivity contribution >= 4 is 5.91 Å². The van der Waals surface area contributed by atoms with Crippen LogP contribution in [0.2, 0.25) is 0 Å². The average molecular weight is 185 g/mol. The molecule has 0 bridgehead atoms. The zero-order valence-corrected chi connectivity index (χ0v) is 8.34. The lowest BCUT2D eigenvalue weighted by atomic mass is 10.0. The van der Waals surface area contributed by atoms with Crippen molar-refractivity contribution < 1.29 is 9.53 Å². The van der Waals surface area contributed by atoms with Crippen LogP contribution in [0.4, 0.5) is 0 Å². The Morgan fingerprint density at radius 1 is 1.62 bits per heavy atom. The molecule has 0 aliphatic carbocycles. The second kappa shape index (κ2) is 5.97. The molecule has 3 nitrogen and oxygen atoms in total. The minimum atomic E-state index is 0.102. The van der Waals surface area contributed by atoms with Crippen molar-refractivity contribution in [2.75, 3.05) is 19.8 Å². The maximum atomic E-state index is 11.5. The van der Waals surface area contributed by atoms with Gasteiger partial charge in [-0.1, -0.05) is 13.3 Å². The molecule has 13 heavy (non-hydrogen) atoms. The quantitative estimate of drug-likeness (QED) is 0.671. The molecule has 0 aromatic rings. The summed E-state index contributed by atoms with van der Waals surface area (Å²) in [6, 6.07) is 0. The van der Waals surface area contributed by atoms with Gasteiger partial charge in [-0.25, -0.2) is 0 Å². The first-order valence-electron chi connectivity index (χ1n) is 5.20. The van der Waals surface area contributed by atoms with E-state index in [0.29, 0.717) is 6.61 Å². The molecular formula is C10H19NO2. The number of amides is 1. The molecule has 1 aliphatic heterocycles. The van der Waals surface area contributed by atoms with Crippen LogP contribution in [-0.4, -0.2) is 25.7 Å². The number of nitrogens with one attached hydrogen (secondary N) is 1. The molecule has 1 heterocycles. The van der Waals surface area contributed by atoms with Crippen LogP contribution in [0.3, 0.4) is 0 Å². The van der Waals surface area contributed by atoms with Crippen LogP contribution in [-0.2, 0) is 9.53 Å². The molecule has 0 saturated carbocycles. The van der Waals surface area contributed by atoms with Crippen LogP contribution in [0.5, 0.6) is 0 Å². The topological polar surface area (TPSA) is 38.3 Å². The molecule has 3 heteroatoms. The molecule has 1 unspecified atom stereocenters. The molecule has 1 fully saturated rings. The lowest BCUT2D eigenvalue weighted by Gasteiger charge is -2.21. The minimum Gasteiger partial charge on any atom is -0.381 e. The zero-order chi connectivity index (χ0) is 9.52. The second-order valence-electron chi connectivity index (χ2n) is 3.56. The van der Waals surface area contributed by atoms with Gasteiger partial charge in [0.05, 0.1) is 12.5 Å². The minimum absolute atomic E-state index is 0.102. The molecule has 1 amide bonds. The average Bonchev–Trinajstić information content (AvgIpc) is 2.19. The molecule has 0 spiro atoms. The fraction of sp³-hybridized carbons (Fsp3) is 0.900. The van der Waals surface area contributed by atoms with Crippen LogP contribution in [0.25, 0.3) is 0 Å². The van der Waals surface area contributed by atoms with E-state index >= 15 is 0 Å². The number of ether oxygens (including phenoxy) is 1. The summed E-state index contributed by atoms with van der Waals surface area (Å²) in [5.74, 6) is 0.277. The molecule has 1 atom stereocenters. The van der Waals surface area contributed by atoms with E-state index in [0.717, 1.165) is 38.8 Å². The third-order valence-electron chi connectivity index (χ3n) is 2.36. The summed E-state index contributed by atoms with van der Waals surface area (Å²) < 4.78 is 5.25. The number of hydrogen-bond acceptors (Lipinski definition) is 2. The van der Waals surface area contributed by atoms with E-state index < -0.39 is 0 Å². The van der Waals surface area contributed by atoms with Gasteiger partial charge in [0.1, 0.15) is 0 Å². The first kappa shape index (κ1) is 10.5. The van der Waals surface area contributed by atoms with Crippen LogP contribution in [0.1, 0.15) is 32.6 Å². The van der Waals surface area contributed by atoms with Gasteiger partial charge in [0, 0.05) is 13.2 Å². The normalized spacial score (nSPS) is 22.7. The van der Waals surface area contributed by atoms with E-state index in [1.165, 1.54) is 0 Å². The van der Waals surface area contributed by atoms with Crippen molar-refractivity contribution in [3.8, 4) is 0 Å². The molecule has 0 aromatic carbocycles. The zero-order valence-electron chi connectivity index (χ0n) is 8.34. The Hall–Kier alpha value is -0.570. The van der Waals surface area contributed by atoms with Crippen molar-refractivity contribution in [1.29, 1.82) is 0 Å². The van der Waals surface area contributed by atoms with Crippen LogP contribution in [0, 0.1) is 5.92 Å². The third kappa shape index (κ3) is 3.77. The highest BCUT2D eigenvalue weighted by molar-refractivity contribution is 5.78. The highest BCUT2D eigenvalue weighted by Crippen LogP contribution is 2.13. The molecular weight excluding hydrogens is 166 g/mol. The Labute approximate surface area is 79.8 Å². The van der Waals surface area contributed by atoms with Gasteiger partial charge in [0.2, 0.25) is 5.91 Å². The molecule has 0 radical (unpaired) electrons. The van der Waals surface area contributed by atoms with Gasteiger partial charge >= 0.3 is 0 Å². The second-order valence-corrected chi connectivity index (χ2v) is 3.56. The predicted molar refractivity (Wildman–Crippen MR) is 51.5 cm³/mol. The maximum absolute atomic E-state index is 11.5. The number of hydrogen-bond donors (Lipinski definition) is 1. The SMILES string of the molecule is CCCCNC(=O)C1CCCOC1. The molecule has 1 rings (SSSR count). The van der Waals surface area contributed by atoms with Crippen molar-refractivity contribution in [3.05, 3.63) is 0 Å². The van der Waals surface area contributed by atoms with Crippen LogP contribution < -0.4 is 5.32 Å². The summed E-state index contributed by atoms with van der Waals surface area (Å²) in [5, 5.41) is 2.93. The Balaban J connectivity index is 2.13. The number of unbranched alkanes of at least 4 members (excludes halogenated alkanes) is 1. The fourth-order valence-corrected chi connectivity index (χ4v) is 1.48. The van der Waals surface area contributed by atoms with Gasteiger partial charge in [-0.3, -0.25) is 4.79 Å². The number of carbonyl (C=O) groups is 1. The van der Waals surface area contributed by atoms with Gasteiger partial charge in [0.15, 0.2) is 0 Å². The van der Waals surface area contributed by atoms with Crippen LogP contribution >= 0.6 is 0 Å². The third-order valence-corrected chi connectivity index (χ3v) is 2.36. The van der Waals surface area contributed by atoms with Gasteiger partial charge in [0.25, 0.3) is 0 Å². The summed E-state index contributed by atoms with van der Waals surface area (Å²) in [7, 11) is 0.